The number of esters is 1. The van der Waals surface area contributed by atoms with Gasteiger partial charge in [-0.15, -0.1) is 0 Å². The molecule has 1 rings (SSSR count). The Morgan fingerprint density at radius 3 is 2.78 bits per heavy atom. The number of rotatable bonds is 4. The minimum Gasteiger partial charge on any atom is -0.466 e. The summed E-state index contributed by atoms with van der Waals surface area (Å²) in [5.41, 5.74) is -1.82. The normalized spacial score (nSPS) is 10.2. The van der Waals surface area contributed by atoms with E-state index in [4.69, 9.17) is 5.26 Å². The summed E-state index contributed by atoms with van der Waals surface area (Å²) >= 11 is 0. The van der Waals surface area contributed by atoms with Gasteiger partial charge in [0.15, 0.2) is 5.82 Å². The van der Waals surface area contributed by atoms with E-state index >= 15 is 0 Å². The Morgan fingerprint density at radius 2 is 2.28 bits per heavy atom. The van der Waals surface area contributed by atoms with E-state index in [1.807, 2.05) is 0 Å². The molecule has 18 heavy (non-hydrogen) atoms. The smallest absolute Gasteiger partial charge is 0.311 e. The molecule has 4 nitrogen and oxygen atoms in total. The zero-order valence-electron chi connectivity index (χ0n) is 9.41. The van der Waals surface area contributed by atoms with Gasteiger partial charge in [0.05, 0.1) is 24.3 Å². The molecule has 0 aromatic carbocycles. The van der Waals surface area contributed by atoms with Gasteiger partial charge in [0.25, 0.3) is 6.43 Å². The summed E-state index contributed by atoms with van der Waals surface area (Å²) in [6.45, 7) is 1.64. The third-order valence-corrected chi connectivity index (χ3v) is 2.02. The summed E-state index contributed by atoms with van der Waals surface area (Å²) in [6.07, 6.45) is -3.67. The molecule has 0 aliphatic carbocycles. The molecule has 1 aromatic rings. The van der Waals surface area contributed by atoms with Gasteiger partial charge in [0.2, 0.25) is 0 Å². The summed E-state index contributed by atoms with van der Waals surface area (Å²) in [4.78, 5) is 14.6. The zero-order chi connectivity index (χ0) is 13.7. The predicted molar refractivity (Wildman–Crippen MR) is 54.2 cm³/mol. The third kappa shape index (κ3) is 3.20. The molecule has 1 heterocycles. The summed E-state index contributed by atoms with van der Waals surface area (Å²) in [5.74, 6) is -2.07. The number of pyridine rings is 1. The molecule has 7 heteroatoms. The van der Waals surface area contributed by atoms with Crippen molar-refractivity contribution in [1.82, 2.24) is 4.98 Å². The van der Waals surface area contributed by atoms with E-state index < -0.39 is 35.9 Å². The first-order chi connectivity index (χ1) is 8.49. The lowest BCUT2D eigenvalue weighted by molar-refractivity contribution is -0.142. The van der Waals surface area contributed by atoms with E-state index in [9.17, 15) is 18.0 Å². The molecule has 0 bridgehead atoms. The Labute approximate surface area is 101 Å². The lowest BCUT2D eigenvalue weighted by atomic mass is 10.1. The lowest BCUT2D eigenvalue weighted by Crippen LogP contribution is -2.12. The van der Waals surface area contributed by atoms with Crippen LogP contribution in [0.2, 0.25) is 0 Å². The van der Waals surface area contributed by atoms with E-state index in [-0.39, 0.29) is 12.3 Å². The Kier molecular flexibility index (Phi) is 4.66. The number of ether oxygens (including phenoxy) is 1. The van der Waals surface area contributed by atoms with Gasteiger partial charge >= 0.3 is 5.97 Å². The number of aromatic nitrogens is 1. The van der Waals surface area contributed by atoms with Crippen molar-refractivity contribution in [2.75, 3.05) is 6.61 Å². The van der Waals surface area contributed by atoms with E-state index in [1.54, 1.807) is 6.92 Å². The van der Waals surface area contributed by atoms with E-state index in [0.717, 1.165) is 0 Å². The van der Waals surface area contributed by atoms with Crippen LogP contribution in [0.1, 0.15) is 30.3 Å². The van der Waals surface area contributed by atoms with Crippen molar-refractivity contribution in [1.29, 1.82) is 5.26 Å². The van der Waals surface area contributed by atoms with Crippen LogP contribution < -0.4 is 0 Å². The molecule has 0 saturated heterocycles. The second-order valence-electron chi connectivity index (χ2n) is 3.25. The second kappa shape index (κ2) is 6.00. The van der Waals surface area contributed by atoms with Crippen LogP contribution >= 0.6 is 0 Å². The molecule has 1 aromatic heterocycles. The average Bonchev–Trinajstić information content (AvgIpc) is 2.31. The Hall–Kier alpha value is -2.10. The van der Waals surface area contributed by atoms with Gasteiger partial charge in [-0.05, 0) is 13.0 Å². The molecule has 0 spiro atoms. The molecule has 0 aliphatic heterocycles. The maximum atomic E-state index is 13.6. The number of hydrogen-bond acceptors (Lipinski definition) is 4. The molecular formula is C11H9F3N2O2. The van der Waals surface area contributed by atoms with Crippen LogP contribution in [-0.4, -0.2) is 17.6 Å². The second-order valence-corrected chi connectivity index (χ2v) is 3.25. The fraction of sp³-hybridized carbons (Fsp3) is 0.364. The van der Waals surface area contributed by atoms with Crippen molar-refractivity contribution < 1.29 is 22.7 Å². The summed E-state index contributed by atoms with van der Waals surface area (Å²) in [7, 11) is 0. The predicted octanol–water partition coefficient (Wildman–Crippen LogP) is 2.14. The maximum absolute atomic E-state index is 13.6. The summed E-state index contributed by atoms with van der Waals surface area (Å²) in [6, 6.07) is 2.19. The van der Waals surface area contributed by atoms with Crippen LogP contribution in [0.5, 0.6) is 0 Å². The van der Waals surface area contributed by atoms with Crippen molar-refractivity contribution in [3.05, 3.63) is 28.8 Å². The Bertz CT molecular complexity index is 498. The van der Waals surface area contributed by atoms with Gasteiger partial charge in [-0.3, -0.25) is 4.79 Å². The van der Waals surface area contributed by atoms with Gasteiger partial charge in [0, 0.05) is 0 Å². The molecule has 0 unspecified atom stereocenters. The van der Waals surface area contributed by atoms with E-state index in [2.05, 4.69) is 9.72 Å². The highest BCUT2D eigenvalue weighted by atomic mass is 19.3. The molecular weight excluding hydrogens is 249 g/mol. The van der Waals surface area contributed by atoms with Crippen molar-refractivity contribution in [2.45, 2.75) is 19.8 Å². The third-order valence-electron chi connectivity index (χ3n) is 2.02. The Morgan fingerprint density at radius 1 is 1.61 bits per heavy atom. The minimum absolute atomic E-state index is 0.0834. The van der Waals surface area contributed by atoms with Gasteiger partial charge in [-0.2, -0.15) is 5.26 Å². The fourth-order valence-corrected chi connectivity index (χ4v) is 1.29. The van der Waals surface area contributed by atoms with Crippen LogP contribution in [-0.2, 0) is 16.0 Å². The number of hydrogen-bond donors (Lipinski definition) is 0. The van der Waals surface area contributed by atoms with Crippen molar-refractivity contribution in [3.8, 4) is 6.07 Å². The van der Waals surface area contributed by atoms with Gasteiger partial charge in [-0.25, -0.2) is 18.2 Å². The molecule has 0 amide bonds. The SMILES string of the molecule is CCOC(=O)Cc1nc(C#N)cc(C(F)F)c1F. The van der Waals surface area contributed by atoms with Crippen LogP contribution in [0.15, 0.2) is 6.07 Å². The number of nitrogens with zero attached hydrogens (tertiary/aromatic N) is 2. The van der Waals surface area contributed by atoms with Crippen LogP contribution in [0.4, 0.5) is 13.2 Å². The molecule has 0 fully saturated rings. The minimum atomic E-state index is -3.08. The molecule has 96 valence electrons. The number of nitriles is 1. The van der Waals surface area contributed by atoms with Crippen LogP contribution in [0.25, 0.3) is 0 Å². The first-order valence-electron chi connectivity index (χ1n) is 5.02. The zero-order valence-corrected chi connectivity index (χ0v) is 9.41. The first kappa shape index (κ1) is 14.0. The van der Waals surface area contributed by atoms with Crippen LogP contribution in [0, 0.1) is 17.1 Å². The number of carbonyl (C=O) groups excluding carboxylic acids is 1. The first-order valence-corrected chi connectivity index (χ1v) is 5.02. The molecule has 0 aliphatic rings. The van der Waals surface area contributed by atoms with E-state index in [1.165, 1.54) is 6.07 Å². The number of carbonyl (C=O) groups is 1. The van der Waals surface area contributed by atoms with Gasteiger partial charge in [0.1, 0.15) is 11.8 Å². The number of halogens is 3. The average molecular weight is 258 g/mol. The lowest BCUT2D eigenvalue weighted by Gasteiger charge is -2.07. The highest BCUT2D eigenvalue weighted by Crippen LogP contribution is 2.24. The summed E-state index contributed by atoms with van der Waals surface area (Å²) in [5, 5.41) is 8.60. The Balaban J connectivity index is 3.14. The van der Waals surface area contributed by atoms with E-state index in [0.29, 0.717) is 6.07 Å². The molecule has 0 saturated carbocycles. The number of alkyl halides is 2. The molecule has 0 N–H and O–H groups in total. The highest BCUT2D eigenvalue weighted by molar-refractivity contribution is 5.72. The standard InChI is InChI=1S/C11H9F3N2O2/c1-2-18-9(17)4-8-10(12)7(11(13)14)3-6(5-15)16-8/h3,11H,2,4H2,1H3. The topological polar surface area (TPSA) is 63.0 Å². The quantitative estimate of drug-likeness (QED) is 0.776. The van der Waals surface area contributed by atoms with Crippen molar-refractivity contribution >= 4 is 5.97 Å². The van der Waals surface area contributed by atoms with Crippen molar-refractivity contribution in [2.24, 2.45) is 0 Å². The van der Waals surface area contributed by atoms with Crippen LogP contribution in [0.3, 0.4) is 0 Å². The summed E-state index contributed by atoms with van der Waals surface area (Å²) < 4.78 is 43.2. The van der Waals surface area contributed by atoms with Gasteiger partial charge < -0.3 is 4.74 Å². The monoisotopic (exact) mass is 258 g/mol. The molecule has 0 atom stereocenters. The fourth-order valence-electron chi connectivity index (χ4n) is 1.29. The van der Waals surface area contributed by atoms with Crippen molar-refractivity contribution in [3.63, 3.8) is 0 Å². The molecule has 0 radical (unpaired) electrons. The maximum Gasteiger partial charge on any atom is 0.311 e. The highest BCUT2D eigenvalue weighted by Gasteiger charge is 2.21. The van der Waals surface area contributed by atoms with Gasteiger partial charge in [-0.1, -0.05) is 0 Å². The largest absolute Gasteiger partial charge is 0.466 e.